The number of anilines is 3. The third-order valence-electron chi connectivity index (χ3n) is 7.22. The fourth-order valence-electron chi connectivity index (χ4n) is 5.14. The zero-order valence-electron chi connectivity index (χ0n) is 21.1. The number of methoxy groups -OCH3 is 2. The summed E-state index contributed by atoms with van der Waals surface area (Å²) in [5.74, 6) is 2.08. The Morgan fingerprint density at radius 3 is 2.14 bits per heavy atom. The Labute approximate surface area is 221 Å². The number of hydrogen-bond donors (Lipinski definition) is 0. The minimum Gasteiger partial charge on any atom is -0.496 e. The smallest absolute Gasteiger partial charge is 0.225 e. The van der Waals surface area contributed by atoms with Crippen LogP contribution < -0.4 is 24.2 Å². The normalized spacial score (nSPS) is 16.0. The predicted octanol–water partition coefficient (Wildman–Crippen LogP) is 4.39. The summed E-state index contributed by atoms with van der Waals surface area (Å²) in [5.41, 5.74) is 4.73. The molecule has 0 amide bonds. The predicted molar refractivity (Wildman–Crippen MR) is 147 cm³/mol. The molecule has 2 saturated heterocycles. The molecule has 2 aliphatic heterocycles. The molecule has 10 heteroatoms. The second-order valence-corrected chi connectivity index (χ2v) is 9.78. The van der Waals surface area contributed by atoms with E-state index in [1.807, 2.05) is 29.1 Å². The minimum absolute atomic E-state index is 0.519. The van der Waals surface area contributed by atoms with Gasteiger partial charge in [0, 0.05) is 75.0 Å². The Morgan fingerprint density at radius 1 is 0.784 bits per heavy atom. The van der Waals surface area contributed by atoms with Crippen molar-refractivity contribution in [1.29, 1.82) is 0 Å². The zero-order valence-corrected chi connectivity index (χ0v) is 21.9. The molecule has 6 rings (SSSR count). The number of aromatic nitrogens is 4. The van der Waals surface area contributed by atoms with Gasteiger partial charge in [-0.15, -0.1) is 0 Å². The molecule has 0 atom stereocenters. The molecule has 2 fully saturated rings. The average Bonchev–Trinajstić information content (AvgIpc) is 3.63. The molecule has 9 nitrogen and oxygen atoms in total. The van der Waals surface area contributed by atoms with Gasteiger partial charge in [0.05, 0.1) is 43.0 Å². The number of imidazole rings is 1. The highest BCUT2D eigenvalue weighted by Gasteiger charge is 2.21. The third kappa shape index (κ3) is 4.59. The van der Waals surface area contributed by atoms with Gasteiger partial charge in [0.1, 0.15) is 17.1 Å². The number of ether oxygens (including phenoxy) is 2. The Morgan fingerprint density at radius 2 is 1.46 bits per heavy atom. The summed E-state index contributed by atoms with van der Waals surface area (Å²) in [6, 6.07) is 7.89. The summed E-state index contributed by atoms with van der Waals surface area (Å²) < 4.78 is 12.9. The molecule has 5 heterocycles. The number of hydrogen-bond acceptors (Lipinski definition) is 8. The minimum atomic E-state index is 0.519. The van der Waals surface area contributed by atoms with Crippen LogP contribution in [-0.2, 0) is 0 Å². The summed E-state index contributed by atoms with van der Waals surface area (Å²) in [6.45, 7) is 5.78. The number of fused-ring (bicyclic) bond motifs is 1. The maximum Gasteiger partial charge on any atom is 0.225 e. The first-order chi connectivity index (χ1) is 18.1. The molecule has 4 aromatic rings. The van der Waals surface area contributed by atoms with E-state index in [2.05, 4.69) is 43.0 Å². The number of piperazine rings is 1. The van der Waals surface area contributed by atoms with E-state index in [9.17, 15) is 0 Å². The van der Waals surface area contributed by atoms with E-state index >= 15 is 0 Å². The average molecular weight is 520 g/mol. The van der Waals surface area contributed by atoms with Crippen LogP contribution in [0.4, 0.5) is 17.3 Å². The maximum atomic E-state index is 6.39. The molecule has 0 aliphatic carbocycles. The van der Waals surface area contributed by atoms with Crippen LogP contribution in [0.25, 0.3) is 16.9 Å². The van der Waals surface area contributed by atoms with Gasteiger partial charge in [-0.1, -0.05) is 11.6 Å². The van der Waals surface area contributed by atoms with E-state index in [4.69, 9.17) is 26.1 Å². The first kappa shape index (κ1) is 23.7. The molecule has 0 unspecified atom stereocenters. The fourth-order valence-corrected chi connectivity index (χ4v) is 5.38. The van der Waals surface area contributed by atoms with Crippen LogP contribution in [0.15, 0.2) is 49.1 Å². The molecule has 0 N–H and O–H groups in total. The van der Waals surface area contributed by atoms with Crippen LogP contribution in [0.2, 0.25) is 5.02 Å². The van der Waals surface area contributed by atoms with Crippen LogP contribution in [0.1, 0.15) is 12.8 Å². The van der Waals surface area contributed by atoms with Gasteiger partial charge in [-0.3, -0.25) is 0 Å². The van der Waals surface area contributed by atoms with Gasteiger partial charge >= 0.3 is 0 Å². The van der Waals surface area contributed by atoms with Gasteiger partial charge in [0.15, 0.2) is 0 Å². The van der Waals surface area contributed by atoms with Gasteiger partial charge < -0.3 is 28.6 Å². The second-order valence-electron chi connectivity index (χ2n) is 9.37. The van der Waals surface area contributed by atoms with Gasteiger partial charge in [0.25, 0.3) is 0 Å². The highest BCUT2D eigenvalue weighted by atomic mass is 35.5. The highest BCUT2D eigenvalue weighted by molar-refractivity contribution is 6.32. The van der Waals surface area contributed by atoms with E-state index < -0.39 is 0 Å². The molecule has 3 aromatic heterocycles. The van der Waals surface area contributed by atoms with Gasteiger partial charge in [-0.05, 0) is 25.0 Å². The highest BCUT2D eigenvalue weighted by Crippen LogP contribution is 2.38. The first-order valence-electron chi connectivity index (χ1n) is 12.6. The van der Waals surface area contributed by atoms with Crippen LogP contribution in [0.3, 0.4) is 0 Å². The number of rotatable bonds is 6. The molecule has 0 radical (unpaired) electrons. The summed E-state index contributed by atoms with van der Waals surface area (Å²) in [7, 11) is 3.22. The Bertz CT molecular complexity index is 1390. The fraction of sp³-hybridized carbons (Fsp3) is 0.370. The molecule has 0 spiro atoms. The van der Waals surface area contributed by atoms with Crippen LogP contribution in [0, 0.1) is 0 Å². The van der Waals surface area contributed by atoms with Crippen molar-refractivity contribution in [3.8, 4) is 22.8 Å². The van der Waals surface area contributed by atoms with Gasteiger partial charge in [0.2, 0.25) is 5.95 Å². The molecular weight excluding hydrogens is 490 g/mol. The largest absolute Gasteiger partial charge is 0.496 e. The van der Waals surface area contributed by atoms with Gasteiger partial charge in [-0.25, -0.2) is 15.0 Å². The van der Waals surface area contributed by atoms with Crippen molar-refractivity contribution in [1.82, 2.24) is 19.4 Å². The molecule has 2 aliphatic rings. The molecule has 192 valence electrons. The zero-order chi connectivity index (χ0) is 25.4. The molecule has 0 saturated carbocycles. The molecular formula is C27H30ClN7O2. The van der Waals surface area contributed by atoms with E-state index in [0.29, 0.717) is 16.5 Å². The Hall–Kier alpha value is -3.72. The number of benzene rings is 1. The molecule has 1 aromatic carbocycles. The Balaban J connectivity index is 1.16. The summed E-state index contributed by atoms with van der Waals surface area (Å²) >= 11 is 6.39. The molecule has 37 heavy (non-hydrogen) atoms. The number of nitrogens with zero attached hydrogens (tertiary/aromatic N) is 7. The van der Waals surface area contributed by atoms with Crippen molar-refractivity contribution in [3.63, 3.8) is 0 Å². The topological polar surface area (TPSA) is 71.3 Å². The van der Waals surface area contributed by atoms with Crippen molar-refractivity contribution < 1.29 is 9.47 Å². The standard InChI is InChI=1S/C27H30ClN7O2/c1-36-24-15-25(37-2)22(28)14-21(24)23-18-35-8-5-19(13-26(35)31-23)32-9-11-33(12-10-32)20-16-29-27(30-17-20)34-6-3-4-7-34/h5,8,13-18H,3-4,6-7,9-12H2,1-2H3. The lowest BCUT2D eigenvalue weighted by molar-refractivity contribution is 0.395. The van der Waals surface area contributed by atoms with E-state index in [1.54, 1.807) is 20.3 Å². The van der Waals surface area contributed by atoms with Crippen LogP contribution in [0.5, 0.6) is 11.5 Å². The first-order valence-corrected chi connectivity index (χ1v) is 13.0. The monoisotopic (exact) mass is 519 g/mol. The molecule has 0 bridgehead atoms. The van der Waals surface area contributed by atoms with Crippen molar-refractivity contribution in [2.75, 3.05) is 68.2 Å². The number of halogens is 1. The maximum absolute atomic E-state index is 6.39. The summed E-state index contributed by atoms with van der Waals surface area (Å²) in [5, 5.41) is 0.519. The van der Waals surface area contributed by atoms with E-state index in [1.165, 1.54) is 12.8 Å². The van der Waals surface area contributed by atoms with E-state index in [0.717, 1.165) is 73.5 Å². The lowest BCUT2D eigenvalue weighted by Gasteiger charge is -2.37. The van der Waals surface area contributed by atoms with Crippen molar-refractivity contribution in [2.24, 2.45) is 0 Å². The SMILES string of the molecule is COc1cc(OC)c(-c2cn3ccc(N4CCN(c5cnc(N6CCCC6)nc5)CC4)cc3n2)cc1Cl. The summed E-state index contributed by atoms with van der Waals surface area (Å²) in [6.07, 6.45) is 10.4. The third-order valence-corrected chi connectivity index (χ3v) is 7.51. The van der Waals surface area contributed by atoms with E-state index in [-0.39, 0.29) is 0 Å². The second kappa shape index (κ2) is 9.97. The Kier molecular flexibility index (Phi) is 6.38. The lowest BCUT2D eigenvalue weighted by atomic mass is 10.1. The van der Waals surface area contributed by atoms with Crippen molar-refractivity contribution >= 4 is 34.6 Å². The van der Waals surface area contributed by atoms with Crippen LogP contribution >= 0.6 is 11.6 Å². The van der Waals surface area contributed by atoms with Crippen molar-refractivity contribution in [2.45, 2.75) is 12.8 Å². The summed E-state index contributed by atoms with van der Waals surface area (Å²) in [4.78, 5) is 21.1. The lowest BCUT2D eigenvalue weighted by Crippen LogP contribution is -2.46. The van der Waals surface area contributed by atoms with Gasteiger partial charge in [-0.2, -0.15) is 0 Å². The quantitative estimate of drug-likeness (QED) is 0.371. The van der Waals surface area contributed by atoms with Crippen molar-refractivity contribution in [3.05, 3.63) is 54.1 Å². The number of pyridine rings is 1. The van der Waals surface area contributed by atoms with Crippen LogP contribution in [-0.4, -0.2) is 72.8 Å².